The Bertz CT molecular complexity index is 1360. The van der Waals surface area contributed by atoms with Gasteiger partial charge in [0, 0.05) is 13.1 Å². The van der Waals surface area contributed by atoms with Crippen molar-refractivity contribution in [3.63, 3.8) is 0 Å². The van der Waals surface area contributed by atoms with Crippen LogP contribution in [0, 0.1) is 13.8 Å². The van der Waals surface area contributed by atoms with Gasteiger partial charge >= 0.3 is 5.97 Å². The Hall–Kier alpha value is -3.31. The van der Waals surface area contributed by atoms with E-state index in [1.54, 1.807) is 19.1 Å². The Balaban J connectivity index is 0.00000533. The fraction of sp³-hybridized carbons (Fsp3) is 0.321. The zero-order valence-corrected chi connectivity index (χ0v) is 24.0. The van der Waals surface area contributed by atoms with Gasteiger partial charge in [0.15, 0.2) is 0 Å². The van der Waals surface area contributed by atoms with E-state index >= 15 is 0 Å². The quantitative estimate of drug-likeness (QED) is 0.142. The van der Waals surface area contributed by atoms with Crippen molar-refractivity contribution < 1.29 is 32.9 Å². The van der Waals surface area contributed by atoms with E-state index in [2.05, 4.69) is 10.0 Å². The molecule has 11 heteroatoms. The van der Waals surface area contributed by atoms with Crippen molar-refractivity contribution >= 4 is 34.1 Å². The summed E-state index contributed by atoms with van der Waals surface area (Å²) in [6, 6.07) is 15.5. The largest absolute Gasteiger partial charge is 0.506 e. The number of carbonyl (C=O) groups excluding carboxylic acids is 1. The fourth-order valence-electron chi connectivity index (χ4n) is 4.09. The number of ether oxygens (including phenoxy) is 2. The number of aliphatic hydroxyl groups is 1. The third-order valence-corrected chi connectivity index (χ3v) is 6.37. The first-order chi connectivity index (χ1) is 18.0. The van der Waals surface area contributed by atoms with Gasteiger partial charge in [-0.3, -0.25) is 4.72 Å². The molecule has 0 saturated carbocycles. The van der Waals surface area contributed by atoms with Crippen molar-refractivity contribution in [1.29, 1.82) is 0 Å². The van der Waals surface area contributed by atoms with Gasteiger partial charge in [-0.15, -0.1) is 12.4 Å². The van der Waals surface area contributed by atoms with Gasteiger partial charge in [0.05, 0.1) is 30.2 Å². The minimum Gasteiger partial charge on any atom is -0.506 e. The van der Waals surface area contributed by atoms with E-state index in [0.29, 0.717) is 30.9 Å². The normalized spacial score (nSPS) is 11.8. The number of sulfonamides is 1. The highest BCUT2D eigenvalue weighted by Crippen LogP contribution is 2.31. The molecule has 0 saturated heterocycles. The van der Waals surface area contributed by atoms with E-state index in [1.807, 2.05) is 38.1 Å². The van der Waals surface area contributed by atoms with Crippen molar-refractivity contribution in [2.75, 3.05) is 37.3 Å². The number of carbonyl (C=O) groups is 1. The van der Waals surface area contributed by atoms with Crippen LogP contribution < -0.4 is 14.8 Å². The molecule has 0 bridgehead atoms. The summed E-state index contributed by atoms with van der Waals surface area (Å²) in [6.07, 6.45) is 0.0768. The Morgan fingerprint density at radius 3 is 2.26 bits per heavy atom. The molecule has 0 spiro atoms. The van der Waals surface area contributed by atoms with Gasteiger partial charge in [-0.1, -0.05) is 18.2 Å². The van der Waals surface area contributed by atoms with E-state index in [1.165, 1.54) is 18.2 Å². The van der Waals surface area contributed by atoms with Crippen LogP contribution >= 0.6 is 12.4 Å². The molecule has 212 valence electrons. The summed E-state index contributed by atoms with van der Waals surface area (Å²) in [5, 5.41) is 23.4. The van der Waals surface area contributed by atoms with E-state index in [-0.39, 0.29) is 36.4 Å². The van der Waals surface area contributed by atoms with Gasteiger partial charge in [0.1, 0.15) is 18.1 Å². The molecule has 0 aliphatic carbocycles. The second-order valence-corrected chi connectivity index (χ2v) is 10.7. The summed E-state index contributed by atoms with van der Waals surface area (Å²) >= 11 is 0. The molecule has 0 fully saturated rings. The summed E-state index contributed by atoms with van der Waals surface area (Å²) in [4.78, 5) is 11.9. The number of esters is 1. The minimum absolute atomic E-state index is 0. The predicted molar refractivity (Wildman–Crippen MR) is 154 cm³/mol. The van der Waals surface area contributed by atoms with E-state index < -0.39 is 16.1 Å². The molecule has 0 aromatic heterocycles. The monoisotopic (exact) mass is 578 g/mol. The molecule has 0 unspecified atom stereocenters. The Morgan fingerprint density at radius 2 is 1.67 bits per heavy atom. The first kappa shape index (κ1) is 31.9. The molecule has 0 aliphatic rings. The van der Waals surface area contributed by atoms with Gasteiger partial charge in [-0.2, -0.15) is 0 Å². The molecule has 9 nitrogen and oxygen atoms in total. The molecule has 0 radical (unpaired) electrons. The maximum absolute atomic E-state index is 11.9. The van der Waals surface area contributed by atoms with Crippen molar-refractivity contribution in [2.24, 2.45) is 0 Å². The number of rotatable bonds is 12. The Morgan fingerprint density at radius 1 is 1.03 bits per heavy atom. The number of nitrogens with one attached hydrogen (secondary N) is 2. The van der Waals surface area contributed by atoms with Crippen molar-refractivity contribution in [1.82, 2.24) is 5.32 Å². The first-order valence-electron chi connectivity index (χ1n) is 12.2. The summed E-state index contributed by atoms with van der Waals surface area (Å²) < 4.78 is 36.1. The van der Waals surface area contributed by atoms with Gasteiger partial charge in [-0.25, -0.2) is 13.2 Å². The molecular formula is C28H35ClN2O7S. The van der Waals surface area contributed by atoms with Crippen molar-refractivity contribution in [3.8, 4) is 22.6 Å². The number of benzene rings is 3. The lowest BCUT2D eigenvalue weighted by Crippen LogP contribution is -2.26. The van der Waals surface area contributed by atoms with Crippen LogP contribution in [-0.4, -0.2) is 57.2 Å². The fourth-order valence-corrected chi connectivity index (χ4v) is 4.65. The smallest absolute Gasteiger partial charge is 0.338 e. The number of phenols is 1. The van der Waals surface area contributed by atoms with Crippen LogP contribution in [0.15, 0.2) is 54.6 Å². The molecule has 39 heavy (non-hydrogen) atoms. The summed E-state index contributed by atoms with van der Waals surface area (Å²) in [7, 11) is -3.57. The van der Waals surface area contributed by atoms with Crippen LogP contribution in [0.4, 0.5) is 5.69 Å². The lowest BCUT2D eigenvalue weighted by atomic mass is 9.95. The summed E-state index contributed by atoms with van der Waals surface area (Å²) in [6.45, 7) is 7.18. The minimum atomic E-state index is -3.57. The average molecular weight is 579 g/mol. The third-order valence-electron chi connectivity index (χ3n) is 5.78. The molecule has 3 aromatic carbocycles. The zero-order valence-electron chi connectivity index (χ0n) is 22.4. The second-order valence-electron chi connectivity index (χ2n) is 8.95. The zero-order chi connectivity index (χ0) is 27.9. The van der Waals surface area contributed by atoms with E-state index in [9.17, 15) is 23.4 Å². The molecule has 0 amide bonds. The third kappa shape index (κ3) is 9.14. The lowest BCUT2D eigenvalue weighted by molar-refractivity contribution is 0.0526. The van der Waals surface area contributed by atoms with Gasteiger partial charge in [0.2, 0.25) is 10.0 Å². The van der Waals surface area contributed by atoms with Gasteiger partial charge in [-0.05, 0) is 85.0 Å². The number of aromatic hydroxyl groups is 1. The number of aliphatic hydroxyl groups excluding tert-OH is 1. The highest BCUT2D eigenvalue weighted by molar-refractivity contribution is 7.92. The summed E-state index contributed by atoms with van der Waals surface area (Å²) in [5.41, 5.74) is 5.14. The SMILES string of the molecule is CCOC(=O)c1ccc(-c2c(C)cc(OCCNC[C@@H](O)c3ccc(O)c(NS(C)(=O)=O)c3)cc2C)cc1.Cl. The highest BCUT2D eigenvalue weighted by atomic mass is 35.5. The van der Waals surface area contributed by atoms with Crippen LogP contribution in [-0.2, 0) is 14.8 Å². The molecular weight excluding hydrogens is 544 g/mol. The maximum Gasteiger partial charge on any atom is 0.338 e. The molecule has 3 rings (SSSR count). The average Bonchev–Trinajstić information content (AvgIpc) is 2.84. The van der Waals surface area contributed by atoms with Crippen molar-refractivity contribution in [2.45, 2.75) is 26.9 Å². The second kappa shape index (κ2) is 14.2. The highest BCUT2D eigenvalue weighted by Gasteiger charge is 2.14. The van der Waals surface area contributed by atoms with Crippen molar-refractivity contribution in [3.05, 3.63) is 76.9 Å². The van der Waals surface area contributed by atoms with Crippen LogP contribution in [0.25, 0.3) is 11.1 Å². The molecule has 1 atom stereocenters. The first-order valence-corrected chi connectivity index (χ1v) is 14.1. The van der Waals surface area contributed by atoms with Crippen LogP contribution in [0.2, 0.25) is 0 Å². The van der Waals surface area contributed by atoms with Crippen LogP contribution in [0.5, 0.6) is 11.5 Å². The number of aryl methyl sites for hydroxylation is 2. The maximum atomic E-state index is 11.9. The number of hydrogen-bond acceptors (Lipinski definition) is 8. The predicted octanol–water partition coefficient (Wildman–Crippen LogP) is 4.35. The lowest BCUT2D eigenvalue weighted by Gasteiger charge is -2.16. The number of halogens is 1. The Kier molecular flexibility index (Phi) is 11.6. The number of hydrogen-bond donors (Lipinski definition) is 4. The molecule has 3 aromatic rings. The van der Waals surface area contributed by atoms with Crippen LogP contribution in [0.1, 0.15) is 40.1 Å². The molecule has 4 N–H and O–H groups in total. The van der Waals surface area contributed by atoms with E-state index in [4.69, 9.17) is 9.47 Å². The Labute approximate surface area is 235 Å². The number of anilines is 1. The van der Waals surface area contributed by atoms with E-state index in [0.717, 1.165) is 34.3 Å². The standard InChI is InChI=1S/C28H34N2O7S.ClH/c1-5-36-28(33)21-8-6-20(7-9-21)27-18(2)14-23(15-19(27)3)37-13-12-29-17-26(32)22-10-11-25(31)24(16-22)30-38(4,34)35;/h6-11,14-16,26,29-32H,5,12-13,17H2,1-4H3;1H/t26-;/m1./s1. The topological polar surface area (TPSA) is 134 Å². The molecule has 0 heterocycles. The number of phenolic OH excluding ortho intramolecular Hbond substituents is 1. The molecule has 0 aliphatic heterocycles. The van der Waals surface area contributed by atoms with Gasteiger partial charge < -0.3 is 25.0 Å². The van der Waals surface area contributed by atoms with Gasteiger partial charge in [0.25, 0.3) is 0 Å². The van der Waals surface area contributed by atoms with Crippen LogP contribution in [0.3, 0.4) is 0 Å². The summed E-state index contributed by atoms with van der Waals surface area (Å²) in [5.74, 6) is 0.163.